The van der Waals surface area contributed by atoms with E-state index in [4.69, 9.17) is 14.2 Å². The molecule has 1 saturated heterocycles. The summed E-state index contributed by atoms with van der Waals surface area (Å²) in [4.78, 5) is 0.998. The van der Waals surface area contributed by atoms with Gasteiger partial charge in [0.05, 0.1) is 19.8 Å². The standard InChI is InChI=1S/C26H28O5S/c27-16-22-24(29-17-19-10-4-1-5-11-19)23(28)25(30-18-20-12-6-2-7-13-20)26(31-22)32-21-14-8-3-9-15-21/h1-15,22-28H,16-18H2/t22?,23-,24-,25?,26-/m0/s1. The number of rotatable bonds is 9. The van der Waals surface area contributed by atoms with Gasteiger partial charge in [-0.15, -0.1) is 0 Å². The molecule has 0 radical (unpaired) electrons. The first-order valence-corrected chi connectivity index (χ1v) is 11.6. The molecule has 6 heteroatoms. The van der Waals surface area contributed by atoms with Crippen molar-refractivity contribution >= 4 is 11.8 Å². The molecule has 168 valence electrons. The predicted molar refractivity (Wildman–Crippen MR) is 124 cm³/mol. The van der Waals surface area contributed by atoms with Crippen LogP contribution < -0.4 is 0 Å². The van der Waals surface area contributed by atoms with E-state index >= 15 is 0 Å². The summed E-state index contributed by atoms with van der Waals surface area (Å²) < 4.78 is 18.4. The number of thioether (sulfide) groups is 1. The van der Waals surface area contributed by atoms with Gasteiger partial charge in [-0.2, -0.15) is 0 Å². The minimum atomic E-state index is -0.963. The van der Waals surface area contributed by atoms with E-state index in [1.807, 2.05) is 91.0 Å². The first-order valence-electron chi connectivity index (χ1n) is 10.7. The highest BCUT2D eigenvalue weighted by Crippen LogP contribution is 2.36. The van der Waals surface area contributed by atoms with Gasteiger partial charge in [0.25, 0.3) is 0 Å². The Labute approximate surface area is 193 Å². The van der Waals surface area contributed by atoms with Crippen molar-refractivity contribution in [3.05, 3.63) is 102 Å². The lowest BCUT2D eigenvalue weighted by Crippen LogP contribution is -2.59. The number of benzene rings is 3. The lowest BCUT2D eigenvalue weighted by molar-refractivity contribution is -0.237. The minimum Gasteiger partial charge on any atom is -0.394 e. The third kappa shape index (κ3) is 5.98. The molecule has 5 nitrogen and oxygen atoms in total. The van der Waals surface area contributed by atoms with E-state index < -0.39 is 29.9 Å². The second kappa shape index (κ2) is 11.6. The van der Waals surface area contributed by atoms with Crippen molar-refractivity contribution in [2.45, 2.75) is 48.0 Å². The Morgan fingerprint density at radius 2 is 1.22 bits per heavy atom. The van der Waals surface area contributed by atoms with E-state index in [1.165, 1.54) is 11.8 Å². The van der Waals surface area contributed by atoms with Crippen molar-refractivity contribution in [3.63, 3.8) is 0 Å². The summed E-state index contributed by atoms with van der Waals surface area (Å²) in [5, 5.41) is 21.3. The summed E-state index contributed by atoms with van der Waals surface area (Å²) >= 11 is 1.47. The van der Waals surface area contributed by atoms with E-state index in [-0.39, 0.29) is 6.61 Å². The van der Waals surface area contributed by atoms with Crippen molar-refractivity contribution in [3.8, 4) is 0 Å². The van der Waals surface area contributed by atoms with E-state index in [0.717, 1.165) is 16.0 Å². The molecule has 0 spiro atoms. The maximum absolute atomic E-state index is 11.3. The SMILES string of the molecule is OCC1O[C@@H](Sc2ccccc2)C(OCc2ccccc2)[C@@H](O)[C@H]1OCc1ccccc1. The van der Waals surface area contributed by atoms with Crippen LogP contribution in [-0.4, -0.2) is 46.7 Å². The Bertz CT molecular complexity index is 925. The van der Waals surface area contributed by atoms with Gasteiger partial charge in [0, 0.05) is 4.90 Å². The average molecular weight is 453 g/mol. The Morgan fingerprint density at radius 1 is 0.719 bits per heavy atom. The topological polar surface area (TPSA) is 68.2 Å². The molecule has 2 N–H and O–H groups in total. The normalized spacial score (nSPS) is 25.5. The van der Waals surface area contributed by atoms with E-state index in [1.54, 1.807) is 0 Å². The fraction of sp³-hybridized carbons (Fsp3) is 0.308. The molecular formula is C26H28O5S. The lowest BCUT2D eigenvalue weighted by Gasteiger charge is -2.43. The van der Waals surface area contributed by atoms with Crippen LogP contribution in [0.4, 0.5) is 0 Å². The first kappa shape index (κ1) is 23.0. The van der Waals surface area contributed by atoms with Gasteiger partial charge in [-0.25, -0.2) is 0 Å². The Hall–Kier alpha value is -2.19. The molecule has 32 heavy (non-hydrogen) atoms. The van der Waals surface area contributed by atoms with Crippen molar-refractivity contribution in [1.82, 2.24) is 0 Å². The number of hydrogen-bond acceptors (Lipinski definition) is 6. The first-order chi connectivity index (χ1) is 15.7. The molecule has 0 saturated carbocycles. The van der Waals surface area contributed by atoms with Crippen molar-refractivity contribution in [2.24, 2.45) is 0 Å². The van der Waals surface area contributed by atoms with E-state index in [9.17, 15) is 10.2 Å². The molecule has 0 aliphatic carbocycles. The van der Waals surface area contributed by atoms with Gasteiger partial charge < -0.3 is 24.4 Å². The molecule has 3 aromatic rings. The molecule has 0 amide bonds. The number of aliphatic hydroxyl groups excluding tert-OH is 2. The Morgan fingerprint density at radius 3 is 1.75 bits per heavy atom. The zero-order chi connectivity index (χ0) is 22.2. The highest BCUT2D eigenvalue weighted by atomic mass is 32.2. The van der Waals surface area contributed by atoms with Gasteiger partial charge in [0.1, 0.15) is 29.9 Å². The molecule has 3 aromatic carbocycles. The molecule has 2 unspecified atom stereocenters. The van der Waals surface area contributed by atoms with Crippen LogP contribution in [0.2, 0.25) is 0 Å². The van der Waals surface area contributed by atoms with Gasteiger partial charge in [0.15, 0.2) is 0 Å². The monoisotopic (exact) mass is 452 g/mol. The van der Waals surface area contributed by atoms with Gasteiger partial charge in [-0.3, -0.25) is 0 Å². The summed E-state index contributed by atoms with van der Waals surface area (Å²) in [7, 11) is 0. The van der Waals surface area contributed by atoms with Gasteiger partial charge in [-0.1, -0.05) is 90.6 Å². The quantitative estimate of drug-likeness (QED) is 0.511. The van der Waals surface area contributed by atoms with Crippen LogP contribution in [0.5, 0.6) is 0 Å². The van der Waals surface area contributed by atoms with Crippen molar-refractivity contribution in [1.29, 1.82) is 0 Å². The van der Waals surface area contributed by atoms with Crippen LogP contribution in [0.1, 0.15) is 11.1 Å². The molecule has 1 aliphatic heterocycles. The maximum atomic E-state index is 11.3. The fourth-order valence-corrected chi connectivity index (χ4v) is 4.84. The smallest absolute Gasteiger partial charge is 0.137 e. The van der Waals surface area contributed by atoms with Crippen molar-refractivity contribution < 1.29 is 24.4 Å². The molecule has 1 aliphatic rings. The number of aliphatic hydroxyl groups is 2. The highest BCUT2D eigenvalue weighted by Gasteiger charge is 2.46. The largest absolute Gasteiger partial charge is 0.394 e. The molecular weight excluding hydrogens is 424 g/mol. The zero-order valence-corrected chi connectivity index (χ0v) is 18.5. The molecule has 1 heterocycles. The predicted octanol–water partition coefficient (Wildman–Crippen LogP) is 4.03. The summed E-state index contributed by atoms with van der Waals surface area (Å²) in [6.45, 7) is 0.394. The molecule has 5 atom stereocenters. The Balaban J connectivity index is 1.51. The van der Waals surface area contributed by atoms with Crippen LogP contribution in [0.15, 0.2) is 95.9 Å². The molecule has 0 bridgehead atoms. The third-order valence-corrected chi connectivity index (χ3v) is 6.52. The maximum Gasteiger partial charge on any atom is 0.137 e. The van der Waals surface area contributed by atoms with E-state index in [2.05, 4.69) is 0 Å². The highest BCUT2D eigenvalue weighted by molar-refractivity contribution is 7.99. The van der Waals surface area contributed by atoms with Crippen LogP contribution in [0, 0.1) is 0 Å². The minimum absolute atomic E-state index is 0.256. The molecule has 1 fully saturated rings. The summed E-state index contributed by atoms with van der Waals surface area (Å²) in [5.74, 6) is 0. The van der Waals surface area contributed by atoms with Crippen LogP contribution in [0.3, 0.4) is 0 Å². The summed E-state index contributed by atoms with van der Waals surface area (Å²) in [6.07, 6.45) is -2.97. The molecule has 4 rings (SSSR count). The second-order valence-corrected chi connectivity index (χ2v) is 8.84. The van der Waals surface area contributed by atoms with Crippen LogP contribution in [0.25, 0.3) is 0 Å². The second-order valence-electron chi connectivity index (χ2n) is 7.67. The van der Waals surface area contributed by atoms with E-state index in [0.29, 0.717) is 13.2 Å². The third-order valence-electron chi connectivity index (χ3n) is 5.36. The summed E-state index contributed by atoms with van der Waals surface area (Å²) in [6, 6.07) is 29.4. The average Bonchev–Trinajstić information content (AvgIpc) is 2.85. The zero-order valence-electron chi connectivity index (χ0n) is 17.7. The summed E-state index contributed by atoms with van der Waals surface area (Å²) in [5.41, 5.74) is 1.50. The van der Waals surface area contributed by atoms with Crippen LogP contribution in [-0.2, 0) is 27.4 Å². The molecule has 0 aromatic heterocycles. The van der Waals surface area contributed by atoms with Gasteiger partial charge in [-0.05, 0) is 23.3 Å². The number of hydrogen-bond donors (Lipinski definition) is 2. The van der Waals surface area contributed by atoms with Gasteiger partial charge in [0.2, 0.25) is 0 Å². The van der Waals surface area contributed by atoms with Crippen LogP contribution >= 0.6 is 11.8 Å². The number of ether oxygens (including phenoxy) is 3. The Kier molecular flexibility index (Phi) is 8.34. The van der Waals surface area contributed by atoms with Gasteiger partial charge >= 0.3 is 0 Å². The fourth-order valence-electron chi connectivity index (χ4n) is 3.69. The lowest BCUT2D eigenvalue weighted by atomic mass is 9.99. The van der Waals surface area contributed by atoms with Crippen molar-refractivity contribution in [2.75, 3.05) is 6.61 Å².